The quantitative estimate of drug-likeness (QED) is 0.910. The van der Waals surface area contributed by atoms with Crippen LogP contribution in [0.25, 0.3) is 0 Å². The molecule has 1 aromatic heterocycles. The predicted octanol–water partition coefficient (Wildman–Crippen LogP) is 3.49. The van der Waals surface area contributed by atoms with Gasteiger partial charge in [-0.15, -0.1) is 0 Å². The zero-order valence-electron chi connectivity index (χ0n) is 11.6. The van der Waals surface area contributed by atoms with Gasteiger partial charge in [0.25, 0.3) is 0 Å². The molecule has 1 unspecified atom stereocenters. The van der Waals surface area contributed by atoms with E-state index in [1.807, 2.05) is 0 Å². The number of aromatic nitrogens is 2. The van der Waals surface area contributed by atoms with Crippen molar-refractivity contribution in [3.8, 4) is 0 Å². The van der Waals surface area contributed by atoms with Crippen molar-refractivity contribution in [1.29, 1.82) is 0 Å². The molecule has 1 aromatic carbocycles. The van der Waals surface area contributed by atoms with Crippen LogP contribution in [-0.2, 0) is 6.42 Å². The summed E-state index contributed by atoms with van der Waals surface area (Å²) in [4.78, 5) is 0. The average Bonchev–Trinajstić information content (AvgIpc) is 2.80. The molecule has 3 nitrogen and oxygen atoms in total. The third-order valence-corrected chi connectivity index (χ3v) is 3.61. The number of benzene rings is 1. The molecule has 1 aliphatic rings. The lowest BCUT2D eigenvalue weighted by Gasteiger charge is -2.25. The molecule has 2 aromatic rings. The first-order chi connectivity index (χ1) is 9.24. The van der Waals surface area contributed by atoms with Crippen molar-refractivity contribution >= 4 is 5.82 Å². The van der Waals surface area contributed by atoms with Gasteiger partial charge in [0.2, 0.25) is 0 Å². The SMILES string of the molecule is CC(C)Cc1cc2n(n1)C(c1ccccc1)CCN2. The molecule has 1 atom stereocenters. The first kappa shape index (κ1) is 12.3. The van der Waals surface area contributed by atoms with Crippen LogP contribution in [-0.4, -0.2) is 16.3 Å². The highest BCUT2D eigenvalue weighted by atomic mass is 15.4. The van der Waals surface area contributed by atoms with Gasteiger partial charge in [0.05, 0.1) is 11.7 Å². The summed E-state index contributed by atoms with van der Waals surface area (Å²) >= 11 is 0. The second-order valence-corrected chi connectivity index (χ2v) is 5.71. The Balaban J connectivity index is 1.93. The van der Waals surface area contributed by atoms with Crippen LogP contribution in [0.15, 0.2) is 36.4 Å². The van der Waals surface area contributed by atoms with Gasteiger partial charge in [-0.3, -0.25) is 0 Å². The molecule has 3 heteroatoms. The molecule has 0 amide bonds. The number of anilines is 1. The highest BCUT2D eigenvalue weighted by molar-refractivity contribution is 5.41. The van der Waals surface area contributed by atoms with Crippen molar-refractivity contribution in [2.45, 2.75) is 32.7 Å². The second kappa shape index (κ2) is 5.08. The van der Waals surface area contributed by atoms with Crippen molar-refractivity contribution in [1.82, 2.24) is 9.78 Å². The van der Waals surface area contributed by atoms with Crippen LogP contribution in [0, 0.1) is 5.92 Å². The summed E-state index contributed by atoms with van der Waals surface area (Å²) in [5.41, 5.74) is 2.55. The lowest BCUT2D eigenvalue weighted by Crippen LogP contribution is -2.24. The summed E-state index contributed by atoms with van der Waals surface area (Å²) in [6.07, 6.45) is 2.14. The van der Waals surface area contributed by atoms with Crippen LogP contribution in [0.2, 0.25) is 0 Å². The number of fused-ring (bicyclic) bond motifs is 1. The van der Waals surface area contributed by atoms with Gasteiger partial charge < -0.3 is 5.32 Å². The first-order valence-corrected chi connectivity index (χ1v) is 7.11. The monoisotopic (exact) mass is 255 g/mol. The maximum Gasteiger partial charge on any atom is 0.125 e. The maximum absolute atomic E-state index is 4.80. The summed E-state index contributed by atoms with van der Waals surface area (Å²) < 4.78 is 2.16. The van der Waals surface area contributed by atoms with E-state index in [1.165, 1.54) is 11.3 Å². The van der Waals surface area contributed by atoms with E-state index in [4.69, 9.17) is 5.10 Å². The Kier molecular flexibility index (Phi) is 3.28. The fourth-order valence-electron chi connectivity index (χ4n) is 2.78. The van der Waals surface area contributed by atoms with E-state index < -0.39 is 0 Å². The van der Waals surface area contributed by atoms with Crippen LogP contribution in [0.3, 0.4) is 0 Å². The van der Waals surface area contributed by atoms with Gasteiger partial charge in [-0.05, 0) is 24.3 Å². The van der Waals surface area contributed by atoms with Crippen LogP contribution >= 0.6 is 0 Å². The molecular formula is C16H21N3. The Labute approximate surface area is 114 Å². The van der Waals surface area contributed by atoms with Gasteiger partial charge in [-0.1, -0.05) is 44.2 Å². The van der Waals surface area contributed by atoms with Gasteiger partial charge in [-0.2, -0.15) is 5.10 Å². The second-order valence-electron chi connectivity index (χ2n) is 5.71. The van der Waals surface area contributed by atoms with E-state index in [-0.39, 0.29) is 0 Å². The summed E-state index contributed by atoms with van der Waals surface area (Å²) in [7, 11) is 0. The van der Waals surface area contributed by atoms with E-state index in [9.17, 15) is 0 Å². The zero-order chi connectivity index (χ0) is 13.2. The van der Waals surface area contributed by atoms with E-state index in [0.29, 0.717) is 12.0 Å². The molecule has 0 radical (unpaired) electrons. The highest BCUT2D eigenvalue weighted by Crippen LogP contribution is 2.30. The van der Waals surface area contributed by atoms with E-state index in [0.717, 1.165) is 25.2 Å². The molecule has 0 fully saturated rings. The minimum atomic E-state index is 0.373. The molecule has 100 valence electrons. The highest BCUT2D eigenvalue weighted by Gasteiger charge is 2.22. The molecular weight excluding hydrogens is 234 g/mol. The van der Waals surface area contributed by atoms with Crippen molar-refractivity contribution in [3.63, 3.8) is 0 Å². The molecule has 1 N–H and O–H groups in total. The third-order valence-electron chi connectivity index (χ3n) is 3.61. The number of rotatable bonds is 3. The molecule has 0 aliphatic carbocycles. The molecule has 3 rings (SSSR count). The third kappa shape index (κ3) is 2.50. The van der Waals surface area contributed by atoms with Crippen LogP contribution in [0.1, 0.15) is 37.6 Å². The van der Waals surface area contributed by atoms with Crippen molar-refractivity contribution in [3.05, 3.63) is 47.7 Å². The van der Waals surface area contributed by atoms with Crippen molar-refractivity contribution in [2.24, 2.45) is 5.92 Å². The maximum atomic E-state index is 4.80. The molecule has 1 aliphatic heterocycles. The summed E-state index contributed by atoms with van der Waals surface area (Å²) in [6, 6.07) is 13.3. The Morgan fingerprint density at radius 1 is 1.32 bits per heavy atom. The average molecular weight is 255 g/mol. The zero-order valence-corrected chi connectivity index (χ0v) is 11.6. The molecule has 0 spiro atoms. The standard InChI is InChI=1S/C16H21N3/c1-12(2)10-14-11-16-17-9-8-15(19(16)18-14)13-6-4-3-5-7-13/h3-7,11-12,15,17H,8-10H2,1-2H3. The van der Waals surface area contributed by atoms with Crippen LogP contribution in [0.4, 0.5) is 5.82 Å². The van der Waals surface area contributed by atoms with E-state index in [2.05, 4.69) is 60.2 Å². The summed E-state index contributed by atoms with van der Waals surface area (Å²) in [6.45, 7) is 5.49. The minimum Gasteiger partial charge on any atom is -0.370 e. The van der Waals surface area contributed by atoms with Crippen molar-refractivity contribution < 1.29 is 0 Å². The molecule has 2 heterocycles. The van der Waals surface area contributed by atoms with Gasteiger partial charge in [0.1, 0.15) is 5.82 Å². The van der Waals surface area contributed by atoms with Crippen LogP contribution < -0.4 is 5.32 Å². The molecule has 0 saturated heterocycles. The normalized spacial score (nSPS) is 18.2. The fraction of sp³-hybridized carbons (Fsp3) is 0.438. The molecule has 0 bridgehead atoms. The Hall–Kier alpha value is -1.77. The molecule has 19 heavy (non-hydrogen) atoms. The van der Waals surface area contributed by atoms with E-state index in [1.54, 1.807) is 0 Å². The van der Waals surface area contributed by atoms with E-state index >= 15 is 0 Å². The smallest absolute Gasteiger partial charge is 0.125 e. The number of hydrogen-bond donors (Lipinski definition) is 1. The Morgan fingerprint density at radius 3 is 2.84 bits per heavy atom. The summed E-state index contributed by atoms with van der Waals surface area (Å²) in [5.74, 6) is 1.81. The lowest BCUT2D eigenvalue weighted by molar-refractivity contribution is 0.474. The van der Waals surface area contributed by atoms with Gasteiger partial charge in [-0.25, -0.2) is 4.68 Å². The Morgan fingerprint density at radius 2 is 2.11 bits per heavy atom. The topological polar surface area (TPSA) is 29.9 Å². The number of hydrogen-bond acceptors (Lipinski definition) is 2. The van der Waals surface area contributed by atoms with Crippen LogP contribution in [0.5, 0.6) is 0 Å². The molecule has 0 saturated carbocycles. The van der Waals surface area contributed by atoms with Gasteiger partial charge >= 0.3 is 0 Å². The summed E-state index contributed by atoms with van der Waals surface area (Å²) in [5, 5.41) is 8.26. The largest absolute Gasteiger partial charge is 0.370 e. The minimum absolute atomic E-state index is 0.373. The first-order valence-electron chi connectivity index (χ1n) is 7.11. The Bertz CT molecular complexity index is 542. The number of nitrogens with one attached hydrogen (secondary N) is 1. The fourth-order valence-corrected chi connectivity index (χ4v) is 2.78. The lowest BCUT2D eigenvalue weighted by atomic mass is 10.0. The van der Waals surface area contributed by atoms with Gasteiger partial charge in [0, 0.05) is 12.6 Å². The number of nitrogens with zero attached hydrogens (tertiary/aromatic N) is 2. The predicted molar refractivity (Wildman–Crippen MR) is 78.5 cm³/mol. The van der Waals surface area contributed by atoms with Crippen molar-refractivity contribution in [2.75, 3.05) is 11.9 Å². The van der Waals surface area contributed by atoms with Gasteiger partial charge in [0.15, 0.2) is 0 Å².